The number of hydrogen-bond donors (Lipinski definition) is 3. The second-order valence-corrected chi connectivity index (χ2v) is 10.0. The van der Waals surface area contributed by atoms with Crippen LogP contribution in [-0.2, 0) is 20.8 Å². The molecule has 6 nitrogen and oxygen atoms in total. The molecule has 0 saturated heterocycles. The van der Waals surface area contributed by atoms with Crippen molar-refractivity contribution < 1.29 is 28.7 Å². The number of aliphatic carboxylic acids is 2. The zero-order valence-corrected chi connectivity index (χ0v) is 20.8. The van der Waals surface area contributed by atoms with E-state index in [0.717, 1.165) is 32.9 Å². The summed E-state index contributed by atoms with van der Waals surface area (Å²) in [6.07, 6.45) is 5.90. The minimum absolute atomic E-state index is 0.145. The van der Waals surface area contributed by atoms with Crippen LogP contribution in [0.2, 0.25) is 0 Å². The number of hydrogen-bond acceptors (Lipinski definition) is 5. The molecule has 3 rings (SSSR count). The molecule has 182 valence electrons. The number of thioether (sulfide) groups is 1. The van der Waals surface area contributed by atoms with Crippen molar-refractivity contribution in [2.75, 3.05) is 18.3 Å². The lowest BCUT2D eigenvalue weighted by atomic mass is 10.0. The SMILES string of the molecule is CC1=C(CC(=O)O)c2cc(F)ccc2/C1=C\c1ccc([S+](C)[O-])cc1.CSCCC(N)C(=O)O. The summed E-state index contributed by atoms with van der Waals surface area (Å²) in [5.41, 5.74) is 9.93. The van der Waals surface area contributed by atoms with Crippen molar-refractivity contribution in [1.29, 1.82) is 0 Å². The molecule has 0 saturated carbocycles. The Balaban J connectivity index is 0.000000387. The predicted octanol–water partition coefficient (Wildman–Crippen LogP) is 4.52. The third-order valence-electron chi connectivity index (χ3n) is 5.25. The summed E-state index contributed by atoms with van der Waals surface area (Å²) in [5, 5.41) is 17.4. The van der Waals surface area contributed by atoms with Crippen molar-refractivity contribution in [1.82, 2.24) is 0 Å². The maximum Gasteiger partial charge on any atom is 0.320 e. The molecular weight excluding hydrogens is 477 g/mol. The third kappa shape index (κ3) is 7.46. The quantitative estimate of drug-likeness (QED) is 0.451. The van der Waals surface area contributed by atoms with E-state index in [-0.39, 0.29) is 12.2 Å². The fourth-order valence-electron chi connectivity index (χ4n) is 3.42. The molecule has 1 aliphatic carbocycles. The van der Waals surface area contributed by atoms with Gasteiger partial charge < -0.3 is 20.5 Å². The predicted molar refractivity (Wildman–Crippen MR) is 137 cm³/mol. The van der Waals surface area contributed by atoms with E-state index in [1.54, 1.807) is 36.2 Å². The zero-order chi connectivity index (χ0) is 25.4. The Morgan fingerprint density at radius 3 is 2.35 bits per heavy atom. The molecule has 2 unspecified atom stereocenters. The monoisotopic (exact) mass is 505 g/mol. The molecule has 1 aliphatic rings. The molecule has 4 N–H and O–H groups in total. The van der Waals surface area contributed by atoms with Gasteiger partial charge in [0.15, 0.2) is 4.90 Å². The van der Waals surface area contributed by atoms with Gasteiger partial charge in [0.25, 0.3) is 0 Å². The van der Waals surface area contributed by atoms with E-state index in [2.05, 4.69) is 0 Å². The minimum Gasteiger partial charge on any atom is -0.612 e. The topological polar surface area (TPSA) is 124 Å². The van der Waals surface area contributed by atoms with Gasteiger partial charge in [-0.05, 0) is 112 Å². The Kier molecular flexibility index (Phi) is 10.4. The molecule has 2 aromatic rings. The second kappa shape index (κ2) is 12.8. The summed E-state index contributed by atoms with van der Waals surface area (Å²) in [6.45, 7) is 1.86. The Morgan fingerprint density at radius 2 is 1.82 bits per heavy atom. The summed E-state index contributed by atoms with van der Waals surface area (Å²) in [6, 6.07) is 11.1. The molecule has 0 aromatic heterocycles. The van der Waals surface area contributed by atoms with Crippen LogP contribution in [0.4, 0.5) is 4.39 Å². The number of fused-ring (bicyclic) bond motifs is 1. The zero-order valence-electron chi connectivity index (χ0n) is 19.2. The van der Waals surface area contributed by atoms with E-state index in [4.69, 9.17) is 15.9 Å². The second-order valence-electron chi connectivity index (χ2n) is 7.67. The fourth-order valence-corrected chi connectivity index (χ4v) is 4.43. The Hall–Kier alpha value is -2.59. The van der Waals surface area contributed by atoms with Crippen molar-refractivity contribution in [2.24, 2.45) is 5.73 Å². The molecule has 0 radical (unpaired) electrons. The van der Waals surface area contributed by atoms with Crippen molar-refractivity contribution in [3.8, 4) is 0 Å². The van der Waals surface area contributed by atoms with E-state index in [9.17, 15) is 18.5 Å². The number of carboxylic acid groups (broad SMARTS) is 2. The Bertz CT molecular complexity index is 1100. The first-order valence-electron chi connectivity index (χ1n) is 10.4. The molecule has 2 aromatic carbocycles. The molecule has 0 spiro atoms. The highest BCUT2D eigenvalue weighted by atomic mass is 32.2. The van der Waals surface area contributed by atoms with Gasteiger partial charge in [-0.15, -0.1) is 0 Å². The van der Waals surface area contributed by atoms with Crippen LogP contribution in [0, 0.1) is 5.82 Å². The number of halogens is 1. The standard InChI is InChI=1S/C20H17FO3S.C5H11NO2S/c1-12-17(9-13-3-6-15(7-4-13)25(2)24)16-8-5-14(21)10-19(16)18(12)11-20(22)23;1-9-3-2-4(6)5(7)8/h3-10H,11H2,1-2H3,(H,22,23);4H,2-3,6H2,1H3,(H,7,8)/b17-9-;. The first-order valence-corrected chi connectivity index (χ1v) is 13.3. The molecular formula is C25H28FNO5S2. The van der Waals surface area contributed by atoms with Crippen LogP contribution in [0.1, 0.15) is 36.5 Å². The summed E-state index contributed by atoms with van der Waals surface area (Å²) in [7, 11) is 0. The van der Waals surface area contributed by atoms with Crippen molar-refractivity contribution in [3.05, 3.63) is 70.5 Å². The third-order valence-corrected chi connectivity index (χ3v) is 6.83. The lowest BCUT2D eigenvalue weighted by Crippen LogP contribution is -2.30. The molecule has 0 aliphatic heterocycles. The first-order chi connectivity index (χ1) is 16.0. The first kappa shape index (κ1) is 27.7. The number of benzene rings is 2. The minimum atomic E-state index is -1.04. The normalized spacial score (nSPS) is 15.4. The van der Waals surface area contributed by atoms with Crippen molar-refractivity contribution in [3.63, 3.8) is 0 Å². The van der Waals surface area contributed by atoms with E-state index < -0.39 is 29.2 Å². The lowest BCUT2D eigenvalue weighted by molar-refractivity contribution is -0.138. The van der Waals surface area contributed by atoms with Gasteiger partial charge in [0.05, 0.1) is 6.42 Å². The highest BCUT2D eigenvalue weighted by Gasteiger charge is 2.25. The van der Waals surface area contributed by atoms with Crippen LogP contribution in [0.5, 0.6) is 0 Å². The fraction of sp³-hybridized carbons (Fsp3) is 0.280. The molecule has 9 heteroatoms. The summed E-state index contributed by atoms with van der Waals surface area (Å²) in [5.74, 6) is -1.43. The van der Waals surface area contributed by atoms with Gasteiger partial charge in [-0.3, -0.25) is 9.59 Å². The number of rotatable bonds is 8. The van der Waals surface area contributed by atoms with E-state index in [1.807, 2.05) is 31.4 Å². The molecule has 0 amide bonds. The number of carbonyl (C=O) groups is 2. The lowest BCUT2D eigenvalue weighted by Gasteiger charge is -2.06. The Labute approximate surface area is 205 Å². The molecule has 0 bridgehead atoms. The maximum absolute atomic E-state index is 13.7. The molecule has 0 heterocycles. The average molecular weight is 506 g/mol. The van der Waals surface area contributed by atoms with E-state index in [1.165, 1.54) is 12.1 Å². The van der Waals surface area contributed by atoms with Crippen LogP contribution in [0.3, 0.4) is 0 Å². The van der Waals surface area contributed by atoms with Crippen LogP contribution in [0.15, 0.2) is 52.9 Å². The van der Waals surface area contributed by atoms with Gasteiger partial charge in [-0.2, -0.15) is 11.8 Å². The largest absolute Gasteiger partial charge is 0.612 e. The van der Waals surface area contributed by atoms with Crippen LogP contribution >= 0.6 is 11.8 Å². The molecule has 0 fully saturated rings. The van der Waals surface area contributed by atoms with E-state index in [0.29, 0.717) is 17.6 Å². The van der Waals surface area contributed by atoms with Gasteiger partial charge in [-0.25, -0.2) is 4.39 Å². The number of nitrogens with two attached hydrogens (primary N) is 1. The number of carboxylic acids is 2. The summed E-state index contributed by atoms with van der Waals surface area (Å²) < 4.78 is 25.1. The highest BCUT2D eigenvalue weighted by Crippen LogP contribution is 2.43. The van der Waals surface area contributed by atoms with Gasteiger partial charge in [0, 0.05) is 0 Å². The van der Waals surface area contributed by atoms with E-state index >= 15 is 0 Å². The van der Waals surface area contributed by atoms with Crippen LogP contribution < -0.4 is 5.73 Å². The maximum atomic E-state index is 13.7. The molecule has 2 atom stereocenters. The van der Waals surface area contributed by atoms with Crippen LogP contribution in [0.25, 0.3) is 17.2 Å². The summed E-state index contributed by atoms with van der Waals surface area (Å²) >= 11 is 0.568. The summed E-state index contributed by atoms with van der Waals surface area (Å²) in [4.78, 5) is 22.0. The van der Waals surface area contributed by atoms with Crippen LogP contribution in [-0.4, -0.2) is 51.0 Å². The van der Waals surface area contributed by atoms with Gasteiger partial charge >= 0.3 is 11.9 Å². The average Bonchev–Trinajstić information content (AvgIpc) is 3.03. The van der Waals surface area contributed by atoms with Crippen molar-refractivity contribution in [2.45, 2.75) is 30.7 Å². The smallest absolute Gasteiger partial charge is 0.320 e. The Morgan fingerprint density at radius 1 is 1.18 bits per heavy atom. The van der Waals surface area contributed by atoms with Gasteiger partial charge in [0.1, 0.15) is 18.1 Å². The molecule has 34 heavy (non-hydrogen) atoms. The number of allylic oxidation sites excluding steroid dienone is 2. The highest BCUT2D eigenvalue weighted by molar-refractivity contribution is 7.98. The van der Waals surface area contributed by atoms with Gasteiger partial charge in [0.2, 0.25) is 0 Å². The van der Waals surface area contributed by atoms with Crippen molar-refractivity contribution >= 4 is 52.1 Å². The van der Waals surface area contributed by atoms with Gasteiger partial charge in [-0.1, -0.05) is 6.07 Å².